The van der Waals surface area contributed by atoms with E-state index < -0.39 is 0 Å². The van der Waals surface area contributed by atoms with Crippen molar-refractivity contribution in [1.29, 1.82) is 0 Å². The van der Waals surface area contributed by atoms with Crippen LogP contribution in [0.4, 0.5) is 0 Å². The summed E-state index contributed by atoms with van der Waals surface area (Å²) >= 11 is 0. The molecular weight excluding hydrogens is 128 g/mol. The first kappa shape index (κ1) is 7.25. The Kier molecular flexibility index (Phi) is 2.04. The lowest BCUT2D eigenvalue weighted by molar-refractivity contribution is 0.415. The third kappa shape index (κ3) is 1.35. The molecule has 2 rings (SSSR count). The largest absolute Gasteiger partial charge is 0.412 e. The normalized spacial score (nSPS) is 21.4. The van der Waals surface area contributed by atoms with Crippen LogP contribution in [-0.4, -0.2) is 12.1 Å². The van der Waals surface area contributed by atoms with E-state index in [0.29, 0.717) is 6.10 Å². The summed E-state index contributed by atoms with van der Waals surface area (Å²) in [5, 5.41) is 0. The zero-order chi connectivity index (χ0) is 6.10. The van der Waals surface area contributed by atoms with E-state index in [0.717, 1.165) is 6.61 Å². The van der Waals surface area contributed by atoms with Gasteiger partial charge in [-0.05, 0) is 5.56 Å². The van der Waals surface area contributed by atoms with Gasteiger partial charge in [-0.2, -0.15) is 0 Å². The lowest BCUT2D eigenvalue weighted by Gasteiger charge is -1.89. The Hall–Kier alpha value is -0.860. The Morgan fingerprint density at radius 3 is 2.30 bits per heavy atom. The van der Waals surface area contributed by atoms with Gasteiger partial charge in [0, 0.05) is 0 Å². The van der Waals surface area contributed by atoms with Crippen LogP contribution in [0.5, 0.6) is 0 Å². The van der Waals surface area contributed by atoms with Crippen molar-refractivity contribution in [2.45, 2.75) is 6.10 Å². The third-order valence-electron chi connectivity index (χ3n) is 1.50. The second-order valence-corrected chi connectivity index (χ2v) is 2.23. The van der Waals surface area contributed by atoms with Crippen LogP contribution in [0.3, 0.4) is 0 Å². The van der Waals surface area contributed by atoms with Gasteiger partial charge in [-0.15, -0.1) is 0 Å². The van der Waals surface area contributed by atoms with Gasteiger partial charge < -0.3 is 10.2 Å². The van der Waals surface area contributed by atoms with Crippen LogP contribution in [0.1, 0.15) is 11.7 Å². The maximum Gasteiger partial charge on any atom is 0.106 e. The summed E-state index contributed by atoms with van der Waals surface area (Å²) in [6, 6.07) is 10.3. The smallest absolute Gasteiger partial charge is 0.106 e. The van der Waals surface area contributed by atoms with E-state index in [-0.39, 0.29) is 5.48 Å². The van der Waals surface area contributed by atoms with Gasteiger partial charge >= 0.3 is 0 Å². The number of epoxide rings is 1. The zero-order valence-electron chi connectivity index (χ0n) is 5.58. The Morgan fingerprint density at radius 1 is 1.20 bits per heavy atom. The van der Waals surface area contributed by atoms with Crippen molar-refractivity contribution in [2.24, 2.45) is 0 Å². The highest BCUT2D eigenvalue weighted by atomic mass is 16.6. The number of benzene rings is 1. The van der Waals surface area contributed by atoms with Crippen molar-refractivity contribution < 1.29 is 10.2 Å². The maximum atomic E-state index is 5.09. The average molecular weight is 138 g/mol. The zero-order valence-corrected chi connectivity index (χ0v) is 5.58. The molecule has 1 aliphatic rings. The Balaban J connectivity index is 0.000000500. The molecule has 0 aromatic heterocycles. The fourth-order valence-corrected chi connectivity index (χ4v) is 0.908. The van der Waals surface area contributed by atoms with Crippen LogP contribution >= 0.6 is 0 Å². The molecule has 0 amide bonds. The van der Waals surface area contributed by atoms with Crippen molar-refractivity contribution in [3.8, 4) is 0 Å². The minimum Gasteiger partial charge on any atom is -0.412 e. The van der Waals surface area contributed by atoms with Crippen LogP contribution in [-0.2, 0) is 4.74 Å². The van der Waals surface area contributed by atoms with E-state index in [1.54, 1.807) is 0 Å². The topological polar surface area (TPSA) is 44.0 Å². The molecule has 1 aromatic carbocycles. The summed E-state index contributed by atoms with van der Waals surface area (Å²) in [4.78, 5) is 0. The summed E-state index contributed by atoms with van der Waals surface area (Å²) in [6.07, 6.45) is 0.409. The van der Waals surface area contributed by atoms with E-state index in [9.17, 15) is 0 Å². The summed E-state index contributed by atoms with van der Waals surface area (Å²) in [7, 11) is 0. The second-order valence-electron chi connectivity index (χ2n) is 2.23. The van der Waals surface area contributed by atoms with E-state index in [1.807, 2.05) is 18.2 Å². The molecule has 1 aliphatic heterocycles. The average Bonchev–Trinajstić information content (AvgIpc) is 2.71. The first-order chi connectivity index (χ1) is 4.47. The highest BCUT2D eigenvalue weighted by Crippen LogP contribution is 2.28. The number of ether oxygens (including phenoxy) is 1. The number of hydrogen-bond donors (Lipinski definition) is 0. The first-order valence-corrected chi connectivity index (χ1v) is 3.13. The Bertz CT molecular complexity index is 192. The highest BCUT2D eigenvalue weighted by molar-refractivity contribution is 5.19. The molecule has 54 valence electrons. The molecule has 2 N–H and O–H groups in total. The molecule has 0 spiro atoms. The van der Waals surface area contributed by atoms with Crippen molar-refractivity contribution in [3.05, 3.63) is 35.9 Å². The van der Waals surface area contributed by atoms with Gasteiger partial charge in [-0.25, -0.2) is 0 Å². The van der Waals surface area contributed by atoms with E-state index in [1.165, 1.54) is 5.56 Å². The highest BCUT2D eigenvalue weighted by Gasteiger charge is 2.23. The summed E-state index contributed by atoms with van der Waals surface area (Å²) in [6.45, 7) is 0.907. The van der Waals surface area contributed by atoms with Crippen molar-refractivity contribution in [2.75, 3.05) is 6.61 Å². The van der Waals surface area contributed by atoms with Gasteiger partial charge in [0.05, 0.1) is 6.61 Å². The second kappa shape index (κ2) is 2.82. The molecule has 0 radical (unpaired) electrons. The Labute approximate surface area is 59.7 Å². The number of rotatable bonds is 1. The SMILES string of the molecule is O.c1ccc(C2CO2)cc1. The molecular formula is C8H10O2. The molecule has 0 aliphatic carbocycles. The lowest BCUT2D eigenvalue weighted by atomic mass is 10.2. The van der Waals surface area contributed by atoms with Gasteiger partial charge in [0.1, 0.15) is 6.10 Å². The fourth-order valence-electron chi connectivity index (χ4n) is 0.908. The quantitative estimate of drug-likeness (QED) is 0.532. The summed E-state index contributed by atoms with van der Waals surface area (Å²) < 4.78 is 5.09. The third-order valence-corrected chi connectivity index (χ3v) is 1.50. The van der Waals surface area contributed by atoms with Gasteiger partial charge in [-0.3, -0.25) is 0 Å². The van der Waals surface area contributed by atoms with Gasteiger partial charge in [-0.1, -0.05) is 30.3 Å². The summed E-state index contributed by atoms with van der Waals surface area (Å²) in [5.41, 5.74) is 1.30. The predicted molar refractivity (Wildman–Crippen MR) is 38.7 cm³/mol. The fraction of sp³-hybridized carbons (Fsp3) is 0.250. The molecule has 0 bridgehead atoms. The van der Waals surface area contributed by atoms with Crippen molar-refractivity contribution in [1.82, 2.24) is 0 Å². The first-order valence-electron chi connectivity index (χ1n) is 3.13. The van der Waals surface area contributed by atoms with Gasteiger partial charge in [0.2, 0.25) is 0 Å². The molecule has 2 heteroatoms. The lowest BCUT2D eigenvalue weighted by Crippen LogP contribution is -1.75. The number of hydrogen-bond acceptors (Lipinski definition) is 1. The van der Waals surface area contributed by atoms with Gasteiger partial charge in [0.25, 0.3) is 0 Å². The monoisotopic (exact) mass is 138 g/mol. The molecule has 1 fully saturated rings. The van der Waals surface area contributed by atoms with Crippen LogP contribution in [0.15, 0.2) is 30.3 Å². The summed E-state index contributed by atoms with van der Waals surface area (Å²) in [5.74, 6) is 0. The van der Waals surface area contributed by atoms with Crippen molar-refractivity contribution in [3.63, 3.8) is 0 Å². The Morgan fingerprint density at radius 2 is 1.80 bits per heavy atom. The van der Waals surface area contributed by atoms with Gasteiger partial charge in [0.15, 0.2) is 0 Å². The predicted octanol–water partition coefficient (Wildman–Crippen LogP) is 0.933. The van der Waals surface area contributed by atoms with Crippen LogP contribution in [0.2, 0.25) is 0 Å². The molecule has 1 heterocycles. The molecule has 2 nitrogen and oxygen atoms in total. The van der Waals surface area contributed by atoms with E-state index in [2.05, 4.69) is 12.1 Å². The van der Waals surface area contributed by atoms with E-state index >= 15 is 0 Å². The van der Waals surface area contributed by atoms with Crippen LogP contribution in [0, 0.1) is 0 Å². The van der Waals surface area contributed by atoms with Crippen LogP contribution in [0.25, 0.3) is 0 Å². The minimum absolute atomic E-state index is 0. The molecule has 1 atom stereocenters. The minimum atomic E-state index is 0. The van der Waals surface area contributed by atoms with E-state index in [4.69, 9.17) is 4.74 Å². The maximum absolute atomic E-state index is 5.09. The molecule has 1 saturated heterocycles. The molecule has 1 aromatic rings. The molecule has 0 saturated carbocycles. The molecule has 10 heavy (non-hydrogen) atoms. The van der Waals surface area contributed by atoms with Crippen molar-refractivity contribution >= 4 is 0 Å². The standard InChI is InChI=1S/C8H8O.H2O/c1-2-4-7(5-3-1)8-6-9-8;/h1-5,8H,6H2;1H2. The van der Waals surface area contributed by atoms with Crippen LogP contribution < -0.4 is 0 Å². The molecule has 1 unspecified atom stereocenters.